The van der Waals surface area contributed by atoms with Crippen molar-refractivity contribution in [2.75, 3.05) is 25.5 Å². The summed E-state index contributed by atoms with van der Waals surface area (Å²) >= 11 is 0. The number of nitrogens with zero attached hydrogens (tertiary/aromatic N) is 2. The number of aliphatic hydroxyl groups excluding tert-OH is 1. The van der Waals surface area contributed by atoms with Gasteiger partial charge in [-0.3, -0.25) is 4.79 Å². The quantitative estimate of drug-likeness (QED) is 0.885. The minimum Gasteiger partial charge on any atom is -0.393 e. The van der Waals surface area contributed by atoms with Crippen LogP contribution in [0.2, 0.25) is 0 Å². The van der Waals surface area contributed by atoms with Gasteiger partial charge in [-0.1, -0.05) is 6.92 Å². The van der Waals surface area contributed by atoms with Gasteiger partial charge in [-0.2, -0.15) is 0 Å². The maximum atomic E-state index is 12.7. The van der Waals surface area contributed by atoms with Gasteiger partial charge in [0.15, 0.2) is 0 Å². The molecule has 3 unspecified atom stereocenters. The number of carbonyl (C=O) groups excluding carboxylic acids is 1. The van der Waals surface area contributed by atoms with Crippen molar-refractivity contribution in [2.45, 2.75) is 32.3 Å². The molecule has 2 heterocycles. The summed E-state index contributed by atoms with van der Waals surface area (Å²) in [5, 5.41) is 13.0. The predicted octanol–water partition coefficient (Wildman–Crippen LogP) is 1.53. The molecule has 3 atom stereocenters. The topological polar surface area (TPSA) is 65.5 Å². The van der Waals surface area contributed by atoms with Crippen LogP contribution in [0.4, 0.5) is 5.82 Å². The van der Waals surface area contributed by atoms with Crippen molar-refractivity contribution in [3.05, 3.63) is 23.4 Å². The fraction of sp³-hybridized carbons (Fsp3) is 0.625. The summed E-state index contributed by atoms with van der Waals surface area (Å²) in [6, 6.07) is 3.69. The van der Waals surface area contributed by atoms with E-state index < -0.39 is 0 Å². The van der Waals surface area contributed by atoms with Gasteiger partial charge in [0, 0.05) is 37.3 Å². The van der Waals surface area contributed by atoms with E-state index in [2.05, 4.69) is 10.3 Å². The Labute approximate surface area is 125 Å². The minimum atomic E-state index is -0.232. The lowest BCUT2D eigenvalue weighted by Gasteiger charge is -2.19. The number of aliphatic hydroxyl groups is 1. The normalized spacial score (nSPS) is 27.8. The van der Waals surface area contributed by atoms with Gasteiger partial charge in [0.05, 0.1) is 6.10 Å². The molecule has 0 bridgehead atoms. The largest absolute Gasteiger partial charge is 0.393 e. The molecule has 2 fully saturated rings. The number of pyridine rings is 1. The van der Waals surface area contributed by atoms with Crippen LogP contribution < -0.4 is 5.32 Å². The standard InChI is InChI=1S/C16H23N3O2/c1-3-12-6-11(7-15(17-2)18-12)16(21)19-8-10-4-5-14(20)13(10)9-19/h6-7,10,13-14,20H,3-5,8-9H2,1-2H3,(H,17,18). The second-order valence-electron chi connectivity index (χ2n) is 6.11. The Kier molecular flexibility index (Phi) is 3.85. The van der Waals surface area contributed by atoms with E-state index in [1.165, 1.54) is 0 Å². The summed E-state index contributed by atoms with van der Waals surface area (Å²) in [6.07, 6.45) is 2.49. The van der Waals surface area contributed by atoms with Crippen LogP contribution in [-0.2, 0) is 6.42 Å². The van der Waals surface area contributed by atoms with Crippen molar-refractivity contribution in [3.63, 3.8) is 0 Å². The zero-order valence-corrected chi connectivity index (χ0v) is 12.7. The molecule has 3 rings (SSSR count). The average molecular weight is 289 g/mol. The van der Waals surface area contributed by atoms with Crippen LogP contribution in [0.5, 0.6) is 0 Å². The van der Waals surface area contributed by atoms with Crippen LogP contribution >= 0.6 is 0 Å². The smallest absolute Gasteiger partial charge is 0.254 e. The number of hydrogen-bond donors (Lipinski definition) is 2. The first kappa shape index (κ1) is 14.3. The molecule has 1 saturated carbocycles. The zero-order valence-electron chi connectivity index (χ0n) is 12.7. The number of carbonyl (C=O) groups is 1. The van der Waals surface area contributed by atoms with Gasteiger partial charge in [0.25, 0.3) is 5.91 Å². The van der Waals surface area contributed by atoms with Crippen LogP contribution in [-0.4, -0.2) is 47.1 Å². The summed E-state index contributed by atoms with van der Waals surface area (Å²) in [5.41, 5.74) is 1.62. The molecule has 1 aromatic rings. The molecule has 1 aromatic heterocycles. The second-order valence-corrected chi connectivity index (χ2v) is 6.11. The Morgan fingerprint density at radius 2 is 2.24 bits per heavy atom. The van der Waals surface area contributed by atoms with Crippen molar-refractivity contribution < 1.29 is 9.90 Å². The van der Waals surface area contributed by atoms with E-state index >= 15 is 0 Å². The predicted molar refractivity (Wildman–Crippen MR) is 81.3 cm³/mol. The lowest BCUT2D eigenvalue weighted by molar-refractivity contribution is 0.0752. The molecule has 5 nitrogen and oxygen atoms in total. The van der Waals surface area contributed by atoms with E-state index in [9.17, 15) is 9.90 Å². The lowest BCUT2D eigenvalue weighted by Crippen LogP contribution is -2.31. The first-order valence-electron chi connectivity index (χ1n) is 7.78. The fourth-order valence-corrected chi connectivity index (χ4v) is 3.61. The van der Waals surface area contributed by atoms with Crippen LogP contribution in [0.1, 0.15) is 35.8 Å². The molecule has 2 aliphatic rings. The van der Waals surface area contributed by atoms with E-state index in [0.29, 0.717) is 18.0 Å². The summed E-state index contributed by atoms with van der Waals surface area (Å²) in [6.45, 7) is 3.50. The number of aromatic nitrogens is 1. The lowest BCUT2D eigenvalue weighted by atomic mass is 10.00. The third kappa shape index (κ3) is 2.62. The Morgan fingerprint density at radius 3 is 2.90 bits per heavy atom. The van der Waals surface area contributed by atoms with E-state index in [-0.39, 0.29) is 17.9 Å². The van der Waals surface area contributed by atoms with E-state index in [1.807, 2.05) is 31.0 Å². The highest BCUT2D eigenvalue weighted by Crippen LogP contribution is 2.38. The Bertz CT molecular complexity index is 524. The van der Waals surface area contributed by atoms with Crippen molar-refractivity contribution >= 4 is 11.7 Å². The molecule has 1 amide bonds. The third-order valence-electron chi connectivity index (χ3n) is 4.85. The molecule has 21 heavy (non-hydrogen) atoms. The van der Waals surface area contributed by atoms with E-state index in [1.54, 1.807) is 0 Å². The number of hydrogen-bond acceptors (Lipinski definition) is 4. The number of aryl methyl sites for hydroxylation is 1. The molecular formula is C16H23N3O2. The van der Waals surface area contributed by atoms with E-state index in [0.717, 1.165) is 37.3 Å². The third-order valence-corrected chi connectivity index (χ3v) is 4.85. The summed E-state index contributed by atoms with van der Waals surface area (Å²) in [5.74, 6) is 1.53. The van der Waals surface area contributed by atoms with Gasteiger partial charge in [-0.25, -0.2) is 4.98 Å². The second kappa shape index (κ2) is 5.64. The number of likely N-dealkylation sites (tertiary alicyclic amines) is 1. The monoisotopic (exact) mass is 289 g/mol. The van der Waals surface area contributed by atoms with Crippen LogP contribution in [0.3, 0.4) is 0 Å². The van der Waals surface area contributed by atoms with Crippen LogP contribution in [0.15, 0.2) is 12.1 Å². The molecule has 1 aliphatic carbocycles. The molecular weight excluding hydrogens is 266 g/mol. The van der Waals surface area contributed by atoms with Gasteiger partial charge in [0.1, 0.15) is 5.82 Å². The van der Waals surface area contributed by atoms with Crippen molar-refractivity contribution in [1.29, 1.82) is 0 Å². The number of rotatable bonds is 3. The first-order chi connectivity index (χ1) is 10.1. The molecule has 114 valence electrons. The Morgan fingerprint density at radius 1 is 1.43 bits per heavy atom. The van der Waals surface area contributed by atoms with Crippen molar-refractivity contribution in [3.8, 4) is 0 Å². The molecule has 0 aromatic carbocycles. The van der Waals surface area contributed by atoms with Gasteiger partial charge in [0.2, 0.25) is 0 Å². The average Bonchev–Trinajstić information content (AvgIpc) is 3.08. The van der Waals surface area contributed by atoms with Gasteiger partial charge < -0.3 is 15.3 Å². The number of nitrogens with one attached hydrogen (secondary N) is 1. The van der Waals surface area contributed by atoms with Gasteiger partial charge in [-0.05, 0) is 37.3 Å². The minimum absolute atomic E-state index is 0.0604. The maximum absolute atomic E-state index is 12.7. The molecule has 0 spiro atoms. The number of amides is 1. The molecule has 1 saturated heterocycles. The zero-order chi connectivity index (χ0) is 15.0. The fourth-order valence-electron chi connectivity index (χ4n) is 3.61. The first-order valence-corrected chi connectivity index (χ1v) is 7.78. The van der Waals surface area contributed by atoms with Gasteiger partial charge >= 0.3 is 0 Å². The number of anilines is 1. The highest BCUT2D eigenvalue weighted by atomic mass is 16.3. The SMILES string of the molecule is CCc1cc(C(=O)N2CC3CCC(O)C3C2)cc(NC)n1. The highest BCUT2D eigenvalue weighted by Gasteiger charge is 2.43. The molecule has 0 radical (unpaired) electrons. The molecule has 5 heteroatoms. The maximum Gasteiger partial charge on any atom is 0.254 e. The molecule has 1 aliphatic heterocycles. The van der Waals surface area contributed by atoms with Gasteiger partial charge in [-0.15, -0.1) is 0 Å². The van der Waals surface area contributed by atoms with Crippen LogP contribution in [0, 0.1) is 11.8 Å². The molecule has 2 N–H and O–H groups in total. The van der Waals surface area contributed by atoms with E-state index in [4.69, 9.17) is 0 Å². The van der Waals surface area contributed by atoms with Crippen molar-refractivity contribution in [2.24, 2.45) is 11.8 Å². The summed E-state index contributed by atoms with van der Waals surface area (Å²) < 4.78 is 0. The number of fused-ring (bicyclic) bond motifs is 1. The summed E-state index contributed by atoms with van der Waals surface area (Å²) in [7, 11) is 1.81. The Hall–Kier alpha value is -1.62. The highest BCUT2D eigenvalue weighted by molar-refractivity contribution is 5.95. The Balaban J connectivity index is 1.80. The summed E-state index contributed by atoms with van der Waals surface area (Å²) in [4.78, 5) is 19.0. The van der Waals surface area contributed by atoms with Crippen molar-refractivity contribution in [1.82, 2.24) is 9.88 Å². The van der Waals surface area contributed by atoms with Crippen LogP contribution in [0.25, 0.3) is 0 Å².